The Morgan fingerprint density at radius 1 is 1.30 bits per heavy atom. The van der Waals surface area contributed by atoms with Crippen molar-refractivity contribution in [1.29, 1.82) is 0 Å². The Labute approximate surface area is 129 Å². The molecule has 1 aromatic heterocycles. The Morgan fingerprint density at radius 3 is 2.75 bits per heavy atom. The van der Waals surface area contributed by atoms with Gasteiger partial charge in [0.05, 0.1) is 6.10 Å². The molecule has 0 aliphatic rings. The van der Waals surface area contributed by atoms with E-state index >= 15 is 0 Å². The van der Waals surface area contributed by atoms with Crippen molar-refractivity contribution in [2.45, 2.75) is 30.0 Å². The van der Waals surface area contributed by atoms with Gasteiger partial charge in [0, 0.05) is 9.37 Å². The zero-order chi connectivity index (χ0) is 14.5. The maximum absolute atomic E-state index is 5.48. The fourth-order valence-corrected chi connectivity index (χ4v) is 2.70. The van der Waals surface area contributed by atoms with Gasteiger partial charge in [0.1, 0.15) is 0 Å². The van der Waals surface area contributed by atoms with Crippen molar-refractivity contribution in [2.24, 2.45) is 5.84 Å². The van der Waals surface area contributed by atoms with Gasteiger partial charge in [-0.2, -0.15) is 15.0 Å². The highest BCUT2D eigenvalue weighted by Crippen LogP contribution is 2.28. The van der Waals surface area contributed by atoms with E-state index in [2.05, 4.69) is 36.3 Å². The molecule has 3 N–H and O–H groups in total. The molecule has 20 heavy (non-hydrogen) atoms. The summed E-state index contributed by atoms with van der Waals surface area (Å²) < 4.78 is 6.47. The Bertz CT molecular complexity index is 596. The second kappa shape index (κ2) is 6.87. The second-order valence-electron chi connectivity index (χ2n) is 4.09. The van der Waals surface area contributed by atoms with Gasteiger partial charge < -0.3 is 4.74 Å². The maximum atomic E-state index is 5.48. The van der Waals surface area contributed by atoms with Crippen LogP contribution in [-0.4, -0.2) is 21.1 Å². The largest absolute Gasteiger partial charge is 0.461 e. The third-order valence-electron chi connectivity index (χ3n) is 2.07. The number of ether oxygens (including phenoxy) is 1. The van der Waals surface area contributed by atoms with Gasteiger partial charge in [-0.05, 0) is 43.8 Å². The summed E-state index contributed by atoms with van der Waals surface area (Å²) in [4.78, 5) is 13.5. The summed E-state index contributed by atoms with van der Waals surface area (Å²) in [7, 11) is 0. The first kappa shape index (κ1) is 15.0. The monoisotopic (exact) mass is 355 g/mol. The SMILES string of the molecule is CC(C)Oc1nc(NN)nc(Sc2cccc(Br)c2)n1. The van der Waals surface area contributed by atoms with E-state index in [4.69, 9.17) is 10.6 Å². The van der Waals surface area contributed by atoms with Crippen molar-refractivity contribution < 1.29 is 4.74 Å². The molecule has 106 valence electrons. The third kappa shape index (κ3) is 4.32. The predicted molar refractivity (Wildman–Crippen MR) is 81.7 cm³/mol. The van der Waals surface area contributed by atoms with Crippen LogP contribution in [0.15, 0.2) is 38.8 Å². The predicted octanol–water partition coefficient (Wildman–Crippen LogP) is 2.86. The molecule has 6 nitrogen and oxygen atoms in total. The van der Waals surface area contributed by atoms with E-state index in [1.807, 2.05) is 38.1 Å². The van der Waals surface area contributed by atoms with E-state index in [1.165, 1.54) is 11.8 Å². The summed E-state index contributed by atoms with van der Waals surface area (Å²) in [6.45, 7) is 3.81. The number of halogens is 1. The molecule has 0 amide bonds. The first-order chi connectivity index (χ1) is 9.56. The van der Waals surface area contributed by atoms with Gasteiger partial charge in [0.25, 0.3) is 0 Å². The molecule has 1 aromatic carbocycles. The Balaban J connectivity index is 2.26. The number of hydrazine groups is 1. The lowest BCUT2D eigenvalue weighted by Crippen LogP contribution is -2.14. The van der Waals surface area contributed by atoms with Crippen molar-refractivity contribution in [1.82, 2.24) is 15.0 Å². The van der Waals surface area contributed by atoms with Crippen molar-refractivity contribution in [3.8, 4) is 6.01 Å². The molecule has 0 aliphatic carbocycles. The topological polar surface area (TPSA) is 86.0 Å². The van der Waals surface area contributed by atoms with E-state index in [1.54, 1.807) is 0 Å². The van der Waals surface area contributed by atoms with Crippen molar-refractivity contribution in [3.63, 3.8) is 0 Å². The Kier molecular flexibility index (Phi) is 5.16. The Hall–Kier alpha value is -1.38. The van der Waals surface area contributed by atoms with Crippen LogP contribution in [0.25, 0.3) is 0 Å². The first-order valence-corrected chi connectivity index (χ1v) is 7.50. The van der Waals surface area contributed by atoms with Crippen LogP contribution in [0.5, 0.6) is 6.01 Å². The molecule has 2 aromatic rings. The molecule has 0 unspecified atom stereocenters. The third-order valence-corrected chi connectivity index (χ3v) is 3.42. The van der Waals surface area contributed by atoms with Crippen LogP contribution in [0.4, 0.5) is 5.95 Å². The van der Waals surface area contributed by atoms with Crippen molar-refractivity contribution in [2.75, 3.05) is 5.43 Å². The standard InChI is InChI=1S/C12H14BrN5OS/c1-7(2)19-11-15-10(18-14)16-12(17-11)20-9-5-3-4-8(13)6-9/h3-7H,14H2,1-2H3,(H,15,16,17,18). The molecule has 2 rings (SSSR count). The molecular formula is C12H14BrN5OS. The lowest BCUT2D eigenvalue weighted by atomic mass is 10.4. The number of hydrogen-bond acceptors (Lipinski definition) is 7. The fourth-order valence-electron chi connectivity index (χ4n) is 1.35. The quantitative estimate of drug-likeness (QED) is 0.629. The van der Waals surface area contributed by atoms with Gasteiger partial charge in [0.15, 0.2) is 0 Å². The molecule has 1 heterocycles. The minimum absolute atomic E-state index is 0.0215. The highest BCUT2D eigenvalue weighted by Gasteiger charge is 2.10. The van der Waals surface area contributed by atoms with E-state index in [0.29, 0.717) is 5.16 Å². The smallest absolute Gasteiger partial charge is 0.322 e. The molecule has 0 bridgehead atoms. The molecule has 0 saturated heterocycles. The van der Waals surface area contributed by atoms with Gasteiger partial charge in [-0.15, -0.1) is 0 Å². The summed E-state index contributed by atoms with van der Waals surface area (Å²) in [5.41, 5.74) is 2.41. The highest BCUT2D eigenvalue weighted by molar-refractivity contribution is 9.10. The molecule has 0 saturated carbocycles. The molecule has 8 heteroatoms. The average Bonchev–Trinajstić information content (AvgIpc) is 2.37. The molecule has 0 aliphatic heterocycles. The summed E-state index contributed by atoms with van der Waals surface area (Å²) >= 11 is 4.83. The van der Waals surface area contributed by atoms with Crippen LogP contribution < -0.4 is 16.0 Å². The number of nitrogens with zero attached hydrogens (tertiary/aromatic N) is 3. The molecule has 0 radical (unpaired) electrons. The average molecular weight is 356 g/mol. The molecule has 0 fully saturated rings. The highest BCUT2D eigenvalue weighted by atomic mass is 79.9. The number of nitrogen functional groups attached to an aromatic ring is 1. The molecule has 0 atom stereocenters. The van der Waals surface area contributed by atoms with Crippen molar-refractivity contribution >= 4 is 33.6 Å². The van der Waals surface area contributed by atoms with Crippen LogP contribution in [0.1, 0.15) is 13.8 Å². The van der Waals surface area contributed by atoms with Gasteiger partial charge in [-0.1, -0.05) is 22.0 Å². The fraction of sp³-hybridized carbons (Fsp3) is 0.250. The summed E-state index contributed by atoms with van der Waals surface area (Å²) in [6, 6.07) is 8.10. The lowest BCUT2D eigenvalue weighted by Gasteiger charge is -2.09. The van der Waals surface area contributed by atoms with Gasteiger partial charge in [0.2, 0.25) is 11.1 Å². The minimum Gasteiger partial charge on any atom is -0.461 e. The summed E-state index contributed by atoms with van der Waals surface area (Å²) in [6.07, 6.45) is -0.0215. The number of rotatable bonds is 5. The van der Waals surface area contributed by atoms with E-state index in [0.717, 1.165) is 9.37 Å². The number of aromatic nitrogens is 3. The lowest BCUT2D eigenvalue weighted by molar-refractivity contribution is 0.219. The second-order valence-corrected chi connectivity index (χ2v) is 6.05. The van der Waals surface area contributed by atoms with Crippen LogP contribution in [0.3, 0.4) is 0 Å². The maximum Gasteiger partial charge on any atom is 0.322 e. The van der Waals surface area contributed by atoms with Gasteiger partial charge in [-0.3, -0.25) is 5.43 Å². The zero-order valence-corrected chi connectivity index (χ0v) is 13.4. The number of nitrogens with two attached hydrogens (primary N) is 1. The number of anilines is 1. The van der Waals surface area contributed by atoms with Crippen LogP contribution >= 0.6 is 27.7 Å². The molecule has 0 spiro atoms. The van der Waals surface area contributed by atoms with Crippen LogP contribution in [0, 0.1) is 0 Å². The first-order valence-electron chi connectivity index (χ1n) is 5.89. The van der Waals surface area contributed by atoms with Gasteiger partial charge in [-0.25, -0.2) is 5.84 Å². The summed E-state index contributed by atoms with van der Waals surface area (Å²) in [5.74, 6) is 5.63. The number of benzene rings is 1. The minimum atomic E-state index is -0.0215. The van der Waals surface area contributed by atoms with Crippen LogP contribution in [-0.2, 0) is 0 Å². The summed E-state index contributed by atoms with van der Waals surface area (Å²) in [5, 5.41) is 0.515. The van der Waals surface area contributed by atoms with Crippen molar-refractivity contribution in [3.05, 3.63) is 28.7 Å². The van der Waals surface area contributed by atoms with Gasteiger partial charge >= 0.3 is 6.01 Å². The van der Waals surface area contributed by atoms with Crippen LogP contribution in [0.2, 0.25) is 0 Å². The van der Waals surface area contributed by atoms with E-state index < -0.39 is 0 Å². The zero-order valence-electron chi connectivity index (χ0n) is 11.0. The van der Waals surface area contributed by atoms with E-state index in [-0.39, 0.29) is 18.1 Å². The molecular weight excluding hydrogens is 342 g/mol. The normalized spacial score (nSPS) is 10.7. The van der Waals surface area contributed by atoms with E-state index in [9.17, 15) is 0 Å². The Morgan fingerprint density at radius 2 is 2.10 bits per heavy atom. The number of nitrogens with one attached hydrogen (secondary N) is 1. The number of hydrogen-bond donors (Lipinski definition) is 2.